The summed E-state index contributed by atoms with van der Waals surface area (Å²) < 4.78 is 0.894. The molecule has 1 aliphatic heterocycles. The Balaban J connectivity index is 1.84. The summed E-state index contributed by atoms with van der Waals surface area (Å²) in [5.41, 5.74) is 1.28. The molecular formula is C16H10BrN3O3S. The number of hydrogen-bond donors (Lipinski definition) is 1. The number of nitrogens with one attached hydrogen (secondary N) is 1. The van der Waals surface area contributed by atoms with Gasteiger partial charge in [0.2, 0.25) is 0 Å². The Bertz CT molecular complexity index is 896. The second kappa shape index (κ2) is 6.98. The van der Waals surface area contributed by atoms with Crippen molar-refractivity contribution in [2.45, 2.75) is 0 Å². The number of amides is 1. The Labute approximate surface area is 150 Å². The number of carbonyl (C=O) groups excluding carboxylic acids is 1. The van der Waals surface area contributed by atoms with Crippen LogP contribution in [0.4, 0.5) is 11.4 Å². The molecule has 0 bridgehead atoms. The second-order valence-electron chi connectivity index (χ2n) is 4.81. The second-order valence-corrected chi connectivity index (χ2v) is 6.76. The minimum absolute atomic E-state index is 0.0178. The number of thioether (sulfide) groups is 1. The van der Waals surface area contributed by atoms with Crippen LogP contribution in [0, 0.1) is 10.1 Å². The Morgan fingerprint density at radius 2 is 2.00 bits per heavy atom. The first-order valence-electron chi connectivity index (χ1n) is 6.81. The van der Waals surface area contributed by atoms with Crippen molar-refractivity contribution in [3.05, 3.63) is 73.6 Å². The van der Waals surface area contributed by atoms with Crippen molar-refractivity contribution in [3.63, 3.8) is 0 Å². The van der Waals surface area contributed by atoms with Crippen LogP contribution in [-0.2, 0) is 4.79 Å². The van der Waals surface area contributed by atoms with Crippen molar-refractivity contribution in [2.75, 3.05) is 0 Å². The molecule has 0 radical (unpaired) electrons. The van der Waals surface area contributed by atoms with Gasteiger partial charge in [0.25, 0.3) is 11.6 Å². The van der Waals surface area contributed by atoms with E-state index in [1.165, 1.54) is 23.9 Å². The molecule has 6 nitrogen and oxygen atoms in total. The Morgan fingerprint density at radius 1 is 1.21 bits per heavy atom. The Hall–Kier alpha value is -2.45. The molecule has 0 atom stereocenters. The molecule has 1 saturated heterocycles. The number of nitrogens with zero attached hydrogens (tertiary/aromatic N) is 2. The van der Waals surface area contributed by atoms with E-state index in [2.05, 4.69) is 26.2 Å². The van der Waals surface area contributed by atoms with Gasteiger partial charge in [-0.05, 0) is 41.6 Å². The number of amidine groups is 1. The van der Waals surface area contributed by atoms with Gasteiger partial charge >= 0.3 is 0 Å². The molecule has 0 saturated carbocycles. The largest absolute Gasteiger partial charge is 0.300 e. The van der Waals surface area contributed by atoms with E-state index in [4.69, 9.17) is 0 Å². The first-order chi connectivity index (χ1) is 11.5. The lowest BCUT2D eigenvalue weighted by atomic mass is 10.2. The first-order valence-corrected chi connectivity index (χ1v) is 8.42. The molecule has 2 aromatic carbocycles. The Kier molecular flexibility index (Phi) is 4.77. The summed E-state index contributed by atoms with van der Waals surface area (Å²) in [6.07, 6.45) is 1.61. The number of benzene rings is 2. The fourth-order valence-electron chi connectivity index (χ4n) is 2.02. The van der Waals surface area contributed by atoms with Gasteiger partial charge in [-0.2, -0.15) is 0 Å². The van der Waals surface area contributed by atoms with E-state index in [0.29, 0.717) is 21.3 Å². The van der Waals surface area contributed by atoms with E-state index < -0.39 is 4.92 Å². The lowest BCUT2D eigenvalue weighted by Gasteiger charge is -1.97. The molecule has 3 rings (SSSR count). The zero-order chi connectivity index (χ0) is 17.1. The van der Waals surface area contributed by atoms with Crippen LogP contribution in [-0.4, -0.2) is 16.0 Å². The normalized spacial score (nSPS) is 17.3. The number of nitro benzene ring substituents is 1. The van der Waals surface area contributed by atoms with Gasteiger partial charge < -0.3 is 5.32 Å². The lowest BCUT2D eigenvalue weighted by Crippen LogP contribution is -2.19. The van der Waals surface area contributed by atoms with Crippen LogP contribution < -0.4 is 5.32 Å². The minimum Gasteiger partial charge on any atom is -0.300 e. The monoisotopic (exact) mass is 403 g/mol. The third-order valence-electron chi connectivity index (χ3n) is 3.07. The molecule has 1 aliphatic rings. The number of rotatable bonds is 3. The van der Waals surface area contributed by atoms with E-state index in [9.17, 15) is 14.9 Å². The summed E-state index contributed by atoms with van der Waals surface area (Å²) >= 11 is 4.56. The average Bonchev–Trinajstić information content (AvgIpc) is 2.87. The van der Waals surface area contributed by atoms with E-state index in [1.54, 1.807) is 18.2 Å². The molecule has 120 valence electrons. The third kappa shape index (κ3) is 3.90. The summed E-state index contributed by atoms with van der Waals surface area (Å²) in [5, 5.41) is 14.0. The highest BCUT2D eigenvalue weighted by Gasteiger charge is 2.24. The van der Waals surface area contributed by atoms with E-state index in [1.807, 2.05) is 24.3 Å². The molecular weight excluding hydrogens is 394 g/mol. The van der Waals surface area contributed by atoms with Crippen molar-refractivity contribution in [3.8, 4) is 0 Å². The van der Waals surface area contributed by atoms with Crippen molar-refractivity contribution in [2.24, 2.45) is 4.99 Å². The number of hydrogen-bond acceptors (Lipinski definition) is 5. The summed E-state index contributed by atoms with van der Waals surface area (Å²) in [4.78, 5) is 27.2. The van der Waals surface area contributed by atoms with Gasteiger partial charge in [-0.25, -0.2) is 4.99 Å². The number of non-ortho nitro benzene ring substituents is 1. The maximum atomic E-state index is 12.0. The molecule has 24 heavy (non-hydrogen) atoms. The highest BCUT2D eigenvalue weighted by molar-refractivity contribution is 9.10. The van der Waals surface area contributed by atoms with Crippen LogP contribution in [0.25, 0.3) is 6.08 Å². The SMILES string of the molecule is O=C1NC(=Nc2cccc(Br)c2)S/C1=C\c1cccc([N+](=O)[O-])c1. The molecule has 8 heteroatoms. The lowest BCUT2D eigenvalue weighted by molar-refractivity contribution is -0.384. The van der Waals surface area contributed by atoms with Crippen molar-refractivity contribution < 1.29 is 9.72 Å². The first kappa shape index (κ1) is 16.4. The Morgan fingerprint density at radius 3 is 2.75 bits per heavy atom. The molecule has 1 N–H and O–H groups in total. The van der Waals surface area contributed by atoms with Gasteiger partial charge in [0.1, 0.15) is 0 Å². The van der Waals surface area contributed by atoms with Gasteiger partial charge in [0, 0.05) is 16.6 Å². The van der Waals surface area contributed by atoms with Crippen molar-refractivity contribution in [1.82, 2.24) is 5.32 Å². The zero-order valence-electron chi connectivity index (χ0n) is 12.1. The molecule has 0 aromatic heterocycles. The van der Waals surface area contributed by atoms with Crippen LogP contribution in [0.1, 0.15) is 5.56 Å². The van der Waals surface area contributed by atoms with Crippen molar-refractivity contribution >= 4 is 56.2 Å². The number of nitro groups is 1. The zero-order valence-corrected chi connectivity index (χ0v) is 14.5. The van der Waals surface area contributed by atoms with E-state index in [0.717, 1.165) is 4.47 Å². The number of carbonyl (C=O) groups is 1. The maximum Gasteiger partial charge on any atom is 0.270 e. The predicted octanol–water partition coefficient (Wildman–Crippen LogP) is 4.25. The number of halogens is 1. The average molecular weight is 404 g/mol. The molecule has 1 amide bonds. The van der Waals surface area contributed by atoms with Gasteiger partial charge in [0.05, 0.1) is 15.5 Å². The summed E-state index contributed by atoms with van der Waals surface area (Å²) in [5.74, 6) is -0.278. The van der Waals surface area contributed by atoms with Gasteiger partial charge in [0.15, 0.2) is 5.17 Å². The van der Waals surface area contributed by atoms with Gasteiger partial charge in [-0.1, -0.05) is 34.1 Å². The fraction of sp³-hybridized carbons (Fsp3) is 0. The third-order valence-corrected chi connectivity index (χ3v) is 4.47. The topological polar surface area (TPSA) is 84.6 Å². The van der Waals surface area contributed by atoms with Crippen LogP contribution >= 0.6 is 27.7 Å². The fourth-order valence-corrected chi connectivity index (χ4v) is 3.25. The molecule has 1 fully saturated rings. The maximum absolute atomic E-state index is 12.0. The molecule has 1 heterocycles. The highest BCUT2D eigenvalue weighted by Crippen LogP contribution is 2.29. The smallest absolute Gasteiger partial charge is 0.270 e. The standard InChI is InChI=1S/C16H10BrN3O3S/c17-11-4-2-5-12(9-11)18-16-19-15(21)14(24-16)8-10-3-1-6-13(7-10)20(22)23/h1-9H,(H,18,19,21)/b14-8-. The van der Waals surface area contributed by atoms with Crippen LogP contribution in [0.5, 0.6) is 0 Å². The molecule has 0 unspecified atom stereocenters. The summed E-state index contributed by atoms with van der Waals surface area (Å²) in [6.45, 7) is 0. The molecule has 0 spiro atoms. The van der Waals surface area contributed by atoms with Crippen LogP contribution in [0.15, 0.2) is 62.9 Å². The summed E-state index contributed by atoms with van der Waals surface area (Å²) in [7, 11) is 0. The van der Waals surface area contributed by atoms with Crippen LogP contribution in [0.3, 0.4) is 0 Å². The molecule has 0 aliphatic carbocycles. The predicted molar refractivity (Wildman–Crippen MR) is 98.0 cm³/mol. The van der Waals surface area contributed by atoms with E-state index in [-0.39, 0.29) is 11.6 Å². The molecule has 2 aromatic rings. The highest BCUT2D eigenvalue weighted by atomic mass is 79.9. The van der Waals surface area contributed by atoms with Gasteiger partial charge in [-0.15, -0.1) is 0 Å². The van der Waals surface area contributed by atoms with Crippen LogP contribution in [0.2, 0.25) is 0 Å². The van der Waals surface area contributed by atoms with Crippen molar-refractivity contribution in [1.29, 1.82) is 0 Å². The minimum atomic E-state index is -0.468. The number of aliphatic imine (C=N–C) groups is 1. The quantitative estimate of drug-likeness (QED) is 0.471. The van der Waals surface area contributed by atoms with E-state index >= 15 is 0 Å². The van der Waals surface area contributed by atoms with Gasteiger partial charge in [-0.3, -0.25) is 14.9 Å². The summed E-state index contributed by atoms with van der Waals surface area (Å²) in [6, 6.07) is 13.5.